The van der Waals surface area contributed by atoms with Crippen LogP contribution < -0.4 is 4.90 Å². The van der Waals surface area contributed by atoms with Crippen molar-refractivity contribution in [3.05, 3.63) is 223 Å². The molecule has 0 amide bonds. The number of anilines is 3. The summed E-state index contributed by atoms with van der Waals surface area (Å²) in [5.74, 6) is 0. The molecule has 0 radical (unpaired) electrons. The Bertz CT molecular complexity index is 2780. The minimum absolute atomic E-state index is 0.135. The smallest absolute Gasteiger partial charge is 0.0462 e. The van der Waals surface area contributed by atoms with Crippen LogP contribution in [0.4, 0.5) is 17.1 Å². The molecule has 0 atom stereocenters. The highest BCUT2D eigenvalue weighted by Crippen LogP contribution is 2.52. The lowest BCUT2D eigenvalue weighted by atomic mass is 9.76. The fourth-order valence-electron chi connectivity index (χ4n) is 8.85. The van der Waals surface area contributed by atoms with Crippen molar-refractivity contribution in [1.29, 1.82) is 0 Å². The summed E-state index contributed by atoms with van der Waals surface area (Å²) in [5, 5.41) is 5.33. The molecule has 0 bridgehead atoms. The number of rotatable bonds is 7. The zero-order chi connectivity index (χ0) is 37.6. The van der Waals surface area contributed by atoms with Crippen LogP contribution >= 0.6 is 0 Å². The molecule has 0 aromatic heterocycles. The van der Waals surface area contributed by atoms with E-state index in [0.29, 0.717) is 0 Å². The van der Waals surface area contributed by atoms with Crippen molar-refractivity contribution in [3.63, 3.8) is 0 Å². The van der Waals surface area contributed by atoms with Gasteiger partial charge in [0, 0.05) is 22.5 Å². The van der Waals surface area contributed by atoms with Crippen LogP contribution in [-0.2, 0) is 5.41 Å². The molecule has 0 aliphatic heterocycles. The molecule has 0 saturated heterocycles. The number of hydrogen-bond acceptors (Lipinski definition) is 1. The Hall–Kier alpha value is -6.96. The largest absolute Gasteiger partial charge is 0.311 e. The van der Waals surface area contributed by atoms with E-state index in [1.807, 2.05) is 0 Å². The van der Waals surface area contributed by atoms with Gasteiger partial charge < -0.3 is 4.90 Å². The average Bonchev–Trinajstić information content (AvgIpc) is 3.56. The minimum atomic E-state index is -0.135. The van der Waals surface area contributed by atoms with Crippen LogP contribution in [0.3, 0.4) is 0 Å². The van der Waals surface area contributed by atoms with Crippen LogP contribution in [-0.4, -0.2) is 0 Å². The summed E-state index contributed by atoms with van der Waals surface area (Å²) in [6.45, 7) is 4.77. The van der Waals surface area contributed by atoms with Gasteiger partial charge in [0.1, 0.15) is 0 Å². The van der Waals surface area contributed by atoms with Crippen molar-refractivity contribution < 1.29 is 0 Å². The van der Waals surface area contributed by atoms with Gasteiger partial charge in [-0.1, -0.05) is 184 Å². The first-order chi connectivity index (χ1) is 27.5. The predicted molar refractivity (Wildman–Crippen MR) is 240 cm³/mol. The van der Waals surface area contributed by atoms with Crippen LogP contribution in [0.2, 0.25) is 0 Å². The molecule has 9 aromatic rings. The van der Waals surface area contributed by atoms with E-state index in [0.717, 1.165) is 17.1 Å². The summed E-state index contributed by atoms with van der Waals surface area (Å²) < 4.78 is 0. The first kappa shape index (κ1) is 33.6. The molecule has 0 spiro atoms. The molecule has 0 heterocycles. The predicted octanol–water partition coefficient (Wildman–Crippen LogP) is 15.3. The standard InChI is InChI=1S/C55H41N/c1-55(2)53(37-52-50-19-10-9-17-48(50)49-18-11-12-20-51(49)54(52)55)44-23-21-40(22-24-44)43-29-35-47(36-30-43)56(45-31-25-41(26-32-45)38-13-5-3-6-14-38)46-33-27-42(28-34-46)39-15-7-4-8-16-39/h3-37H,1-2H3. The van der Waals surface area contributed by atoms with Crippen LogP contribution in [0.5, 0.6) is 0 Å². The molecule has 0 unspecified atom stereocenters. The average molecular weight is 716 g/mol. The van der Waals surface area contributed by atoms with E-state index in [-0.39, 0.29) is 5.41 Å². The maximum atomic E-state index is 2.45. The van der Waals surface area contributed by atoms with Gasteiger partial charge >= 0.3 is 0 Å². The summed E-state index contributed by atoms with van der Waals surface area (Å²) in [6, 6.07) is 74.8. The lowest BCUT2D eigenvalue weighted by molar-refractivity contribution is 0.711. The Morgan fingerprint density at radius 2 is 0.625 bits per heavy atom. The molecule has 266 valence electrons. The van der Waals surface area contributed by atoms with Gasteiger partial charge in [0.2, 0.25) is 0 Å². The van der Waals surface area contributed by atoms with Crippen LogP contribution in [0.25, 0.3) is 66.6 Å². The third-order valence-electron chi connectivity index (χ3n) is 11.7. The second kappa shape index (κ2) is 13.7. The summed E-state index contributed by atoms with van der Waals surface area (Å²) in [7, 11) is 0. The molecule has 0 N–H and O–H groups in total. The second-order valence-corrected chi connectivity index (χ2v) is 15.3. The highest BCUT2D eigenvalue weighted by Gasteiger charge is 2.36. The topological polar surface area (TPSA) is 3.24 Å². The van der Waals surface area contributed by atoms with E-state index in [1.54, 1.807) is 0 Å². The molecular weight excluding hydrogens is 675 g/mol. The quantitative estimate of drug-likeness (QED) is 0.149. The van der Waals surface area contributed by atoms with Crippen molar-refractivity contribution in [2.45, 2.75) is 19.3 Å². The number of fused-ring (bicyclic) bond motifs is 6. The van der Waals surface area contributed by atoms with Gasteiger partial charge in [0.25, 0.3) is 0 Å². The van der Waals surface area contributed by atoms with Crippen LogP contribution in [0.1, 0.15) is 30.5 Å². The molecule has 1 nitrogen and oxygen atoms in total. The van der Waals surface area contributed by atoms with E-state index >= 15 is 0 Å². The summed E-state index contributed by atoms with van der Waals surface area (Å²) in [6.07, 6.45) is 2.45. The molecule has 0 saturated carbocycles. The van der Waals surface area contributed by atoms with Gasteiger partial charge in [-0.25, -0.2) is 0 Å². The Morgan fingerprint density at radius 3 is 1.07 bits per heavy atom. The Kier molecular flexibility index (Phi) is 8.23. The molecule has 56 heavy (non-hydrogen) atoms. The van der Waals surface area contributed by atoms with Gasteiger partial charge in [-0.2, -0.15) is 0 Å². The third kappa shape index (κ3) is 5.81. The molecule has 1 aliphatic rings. The van der Waals surface area contributed by atoms with E-state index in [9.17, 15) is 0 Å². The van der Waals surface area contributed by atoms with Crippen molar-refractivity contribution in [2.75, 3.05) is 4.90 Å². The Balaban J connectivity index is 0.974. The molecule has 1 heteroatoms. The Morgan fingerprint density at radius 1 is 0.304 bits per heavy atom. The van der Waals surface area contributed by atoms with Crippen molar-refractivity contribution in [3.8, 4) is 33.4 Å². The first-order valence-electron chi connectivity index (χ1n) is 19.5. The van der Waals surface area contributed by atoms with Crippen molar-refractivity contribution >= 4 is 50.3 Å². The van der Waals surface area contributed by atoms with Gasteiger partial charge in [0.05, 0.1) is 0 Å². The summed E-state index contributed by atoms with van der Waals surface area (Å²) >= 11 is 0. The number of nitrogens with zero attached hydrogens (tertiary/aromatic N) is 1. The third-order valence-corrected chi connectivity index (χ3v) is 11.7. The molecule has 10 rings (SSSR count). The summed E-state index contributed by atoms with van der Waals surface area (Å²) in [4.78, 5) is 2.34. The zero-order valence-electron chi connectivity index (χ0n) is 31.7. The maximum absolute atomic E-state index is 2.45. The monoisotopic (exact) mass is 715 g/mol. The lowest BCUT2D eigenvalue weighted by Crippen LogP contribution is -2.17. The van der Waals surface area contributed by atoms with Gasteiger partial charge in [-0.15, -0.1) is 0 Å². The maximum Gasteiger partial charge on any atom is 0.0462 e. The SMILES string of the molecule is CC1(C)C(c2ccc(-c3ccc(N(c4ccc(-c5ccccc5)cc4)c4ccc(-c5ccccc5)cc4)cc3)cc2)=Cc2c1c1ccccc1c1ccccc21. The molecule has 9 aromatic carbocycles. The fourth-order valence-corrected chi connectivity index (χ4v) is 8.85. The highest BCUT2D eigenvalue weighted by atomic mass is 15.1. The highest BCUT2D eigenvalue weighted by molar-refractivity contribution is 6.17. The van der Waals surface area contributed by atoms with Crippen LogP contribution in [0.15, 0.2) is 206 Å². The second-order valence-electron chi connectivity index (χ2n) is 15.3. The van der Waals surface area contributed by atoms with Crippen LogP contribution in [0, 0.1) is 0 Å². The molecular formula is C55H41N. The molecule has 0 fully saturated rings. The zero-order valence-corrected chi connectivity index (χ0v) is 31.7. The number of benzene rings is 9. The van der Waals surface area contributed by atoms with Crippen molar-refractivity contribution in [2.24, 2.45) is 0 Å². The summed E-state index contributed by atoms with van der Waals surface area (Å²) in [5.41, 5.74) is 15.9. The molecule has 1 aliphatic carbocycles. The number of allylic oxidation sites excluding steroid dienone is 1. The normalized spacial score (nSPS) is 13.1. The van der Waals surface area contributed by atoms with E-state index in [1.165, 1.54) is 77.2 Å². The van der Waals surface area contributed by atoms with E-state index in [4.69, 9.17) is 0 Å². The first-order valence-corrected chi connectivity index (χ1v) is 19.5. The van der Waals surface area contributed by atoms with Gasteiger partial charge in [0.15, 0.2) is 0 Å². The Labute approximate surface area is 329 Å². The van der Waals surface area contributed by atoms with Gasteiger partial charge in [-0.3, -0.25) is 0 Å². The van der Waals surface area contributed by atoms with E-state index < -0.39 is 0 Å². The van der Waals surface area contributed by atoms with E-state index in [2.05, 4.69) is 231 Å². The minimum Gasteiger partial charge on any atom is -0.311 e. The lowest BCUT2D eigenvalue weighted by Gasteiger charge is -2.27. The van der Waals surface area contributed by atoms with Gasteiger partial charge in [-0.05, 0) is 120 Å². The number of hydrogen-bond donors (Lipinski definition) is 0. The van der Waals surface area contributed by atoms with Crippen molar-refractivity contribution in [1.82, 2.24) is 0 Å². The fraction of sp³-hybridized carbons (Fsp3) is 0.0545.